The van der Waals surface area contributed by atoms with Gasteiger partial charge in [-0.25, -0.2) is 4.79 Å². The Bertz CT molecular complexity index is 1250. The van der Waals surface area contributed by atoms with E-state index >= 15 is 0 Å². The average molecular weight is 522 g/mol. The molecule has 0 spiro atoms. The topological polar surface area (TPSA) is 52.7 Å². The summed E-state index contributed by atoms with van der Waals surface area (Å²) in [7, 11) is 0. The number of rotatable bonds is 5. The maximum Gasteiger partial charge on any atom is 0.416 e. The smallest absolute Gasteiger partial charge is 0.322 e. The Labute approximate surface area is 210 Å². The molecule has 182 valence electrons. The van der Waals surface area contributed by atoms with Gasteiger partial charge in [-0.15, -0.1) is 0 Å². The molecule has 0 unspecified atom stereocenters. The van der Waals surface area contributed by atoms with Gasteiger partial charge in [0.2, 0.25) is 0 Å². The van der Waals surface area contributed by atoms with E-state index in [1.807, 2.05) is 6.07 Å². The summed E-state index contributed by atoms with van der Waals surface area (Å²) >= 11 is 12.1. The number of benzene rings is 3. The van der Waals surface area contributed by atoms with Crippen molar-refractivity contribution in [1.29, 1.82) is 0 Å². The number of carbonyl (C=O) groups excluding carboxylic acids is 2. The first kappa shape index (κ1) is 24.9. The summed E-state index contributed by atoms with van der Waals surface area (Å²) in [5.41, 5.74) is 0.907. The van der Waals surface area contributed by atoms with Crippen LogP contribution >= 0.6 is 23.2 Å². The van der Waals surface area contributed by atoms with Gasteiger partial charge < -0.3 is 10.2 Å². The lowest BCUT2D eigenvalue weighted by Crippen LogP contribution is -2.49. The zero-order valence-electron chi connectivity index (χ0n) is 18.3. The molecule has 1 aliphatic heterocycles. The molecule has 3 amide bonds. The van der Waals surface area contributed by atoms with Crippen molar-refractivity contribution in [2.75, 3.05) is 23.3 Å². The number of carbonyl (C=O) groups is 2. The van der Waals surface area contributed by atoms with Crippen molar-refractivity contribution in [3.8, 4) is 0 Å². The predicted octanol–water partition coefficient (Wildman–Crippen LogP) is 7.10. The summed E-state index contributed by atoms with van der Waals surface area (Å²) in [5.74, 6) is -0.661. The number of hydrogen-bond acceptors (Lipinski definition) is 2. The molecule has 0 saturated carbocycles. The van der Waals surface area contributed by atoms with E-state index in [9.17, 15) is 22.8 Å². The summed E-state index contributed by atoms with van der Waals surface area (Å²) in [4.78, 5) is 28.9. The number of hydrogen-bond donors (Lipinski definition) is 1. The second-order valence-corrected chi connectivity index (χ2v) is 8.85. The highest BCUT2D eigenvalue weighted by molar-refractivity contribution is 6.42. The van der Waals surface area contributed by atoms with Crippen LogP contribution in [0.25, 0.3) is 0 Å². The molecule has 3 aromatic rings. The molecule has 0 aromatic heterocycles. The lowest BCUT2D eigenvalue weighted by atomic mass is 10.1. The van der Waals surface area contributed by atoms with Crippen LogP contribution in [0.1, 0.15) is 27.9 Å². The monoisotopic (exact) mass is 521 g/mol. The summed E-state index contributed by atoms with van der Waals surface area (Å²) in [6.45, 7) is 1.52. The average Bonchev–Trinajstić information content (AvgIpc) is 2.83. The van der Waals surface area contributed by atoms with Crippen LogP contribution in [0.2, 0.25) is 10.0 Å². The van der Waals surface area contributed by atoms with Crippen LogP contribution in [-0.4, -0.2) is 29.9 Å². The minimum absolute atomic E-state index is 0.104. The number of nitrogens with one attached hydrogen (secondary N) is 1. The van der Waals surface area contributed by atoms with Crippen molar-refractivity contribution in [2.24, 2.45) is 0 Å². The van der Waals surface area contributed by atoms with Crippen molar-refractivity contribution >= 4 is 46.5 Å². The first-order chi connectivity index (χ1) is 16.6. The van der Waals surface area contributed by atoms with Crippen molar-refractivity contribution < 1.29 is 22.8 Å². The lowest BCUT2D eigenvalue weighted by Gasteiger charge is -2.35. The SMILES string of the molecule is O=C(Nc1ccc(N2CCCN(Cc3ccc(Cl)c(Cl)c3)C2=O)cc1)c1cccc(C(F)(F)F)c1. The first-order valence-corrected chi connectivity index (χ1v) is 11.5. The minimum atomic E-state index is -4.54. The third kappa shape index (κ3) is 5.89. The van der Waals surface area contributed by atoms with Gasteiger partial charge in [-0.05, 0) is 66.6 Å². The van der Waals surface area contributed by atoms with Crippen LogP contribution in [0.4, 0.5) is 29.3 Å². The lowest BCUT2D eigenvalue weighted by molar-refractivity contribution is -0.137. The molecule has 5 nitrogen and oxygen atoms in total. The van der Waals surface area contributed by atoms with E-state index in [4.69, 9.17) is 23.2 Å². The molecule has 3 aromatic carbocycles. The highest BCUT2D eigenvalue weighted by Crippen LogP contribution is 2.30. The fraction of sp³-hybridized carbons (Fsp3) is 0.200. The molecule has 4 rings (SSSR count). The largest absolute Gasteiger partial charge is 0.416 e. The fourth-order valence-electron chi connectivity index (χ4n) is 3.79. The van der Waals surface area contributed by atoms with Crippen LogP contribution in [0.3, 0.4) is 0 Å². The first-order valence-electron chi connectivity index (χ1n) is 10.7. The van der Waals surface area contributed by atoms with Gasteiger partial charge in [-0.3, -0.25) is 9.69 Å². The Balaban J connectivity index is 1.43. The van der Waals surface area contributed by atoms with Crippen LogP contribution in [-0.2, 0) is 12.7 Å². The van der Waals surface area contributed by atoms with E-state index in [-0.39, 0.29) is 11.6 Å². The zero-order valence-corrected chi connectivity index (χ0v) is 19.8. The third-order valence-corrected chi connectivity index (χ3v) is 6.30. The molecule has 0 bridgehead atoms. The van der Waals surface area contributed by atoms with E-state index in [2.05, 4.69) is 5.32 Å². The van der Waals surface area contributed by atoms with Gasteiger partial charge in [0.25, 0.3) is 5.91 Å². The van der Waals surface area contributed by atoms with Crippen molar-refractivity contribution in [3.63, 3.8) is 0 Å². The van der Waals surface area contributed by atoms with Gasteiger partial charge in [0.15, 0.2) is 0 Å². The maximum absolute atomic E-state index is 13.1. The van der Waals surface area contributed by atoms with E-state index in [0.717, 1.165) is 24.1 Å². The molecule has 1 heterocycles. The highest BCUT2D eigenvalue weighted by Gasteiger charge is 2.31. The normalized spacial score (nSPS) is 14.3. The van der Waals surface area contributed by atoms with Gasteiger partial charge in [-0.1, -0.05) is 35.3 Å². The number of anilines is 2. The third-order valence-electron chi connectivity index (χ3n) is 5.56. The summed E-state index contributed by atoms with van der Waals surface area (Å²) in [5, 5.41) is 3.46. The molecule has 1 aliphatic rings. The molecule has 1 saturated heterocycles. The zero-order chi connectivity index (χ0) is 25.2. The fourth-order valence-corrected chi connectivity index (χ4v) is 4.11. The van der Waals surface area contributed by atoms with Crippen LogP contribution in [0, 0.1) is 0 Å². The molecular formula is C25H20Cl2F3N3O2. The minimum Gasteiger partial charge on any atom is -0.322 e. The van der Waals surface area contributed by atoms with Crippen LogP contribution in [0.5, 0.6) is 0 Å². The van der Waals surface area contributed by atoms with E-state index in [1.54, 1.807) is 46.2 Å². The molecule has 0 aliphatic carbocycles. The Morgan fingerprint density at radius 3 is 2.37 bits per heavy atom. The molecule has 10 heteroatoms. The second kappa shape index (κ2) is 10.2. The Kier molecular flexibility index (Phi) is 7.23. The summed E-state index contributed by atoms with van der Waals surface area (Å²) < 4.78 is 38.7. The summed E-state index contributed by atoms with van der Waals surface area (Å²) in [6.07, 6.45) is -3.77. The van der Waals surface area contributed by atoms with Gasteiger partial charge >= 0.3 is 12.2 Å². The number of alkyl halides is 3. The number of amides is 3. The molecule has 0 radical (unpaired) electrons. The van der Waals surface area contributed by atoms with E-state index < -0.39 is 17.6 Å². The quantitative estimate of drug-likeness (QED) is 0.389. The Morgan fingerprint density at radius 1 is 0.943 bits per heavy atom. The maximum atomic E-state index is 13.1. The number of nitrogens with zero attached hydrogens (tertiary/aromatic N) is 2. The second-order valence-electron chi connectivity index (χ2n) is 8.04. The van der Waals surface area contributed by atoms with Gasteiger partial charge in [0.1, 0.15) is 0 Å². The molecular weight excluding hydrogens is 502 g/mol. The van der Waals surface area contributed by atoms with Gasteiger partial charge in [-0.2, -0.15) is 13.2 Å². The Hall–Kier alpha value is -3.23. The number of urea groups is 1. The van der Waals surface area contributed by atoms with Crippen molar-refractivity contribution in [1.82, 2.24) is 4.90 Å². The van der Waals surface area contributed by atoms with Gasteiger partial charge in [0.05, 0.1) is 15.6 Å². The molecule has 0 atom stereocenters. The van der Waals surface area contributed by atoms with Crippen molar-refractivity contribution in [3.05, 3.63) is 93.5 Å². The predicted molar refractivity (Wildman–Crippen MR) is 130 cm³/mol. The van der Waals surface area contributed by atoms with Gasteiger partial charge in [0, 0.05) is 36.6 Å². The number of halogens is 5. The summed E-state index contributed by atoms with van der Waals surface area (Å²) in [6, 6.07) is 15.9. The van der Waals surface area contributed by atoms with E-state index in [1.165, 1.54) is 12.1 Å². The van der Waals surface area contributed by atoms with Crippen LogP contribution < -0.4 is 10.2 Å². The molecule has 1 fully saturated rings. The van der Waals surface area contributed by atoms with Crippen molar-refractivity contribution in [2.45, 2.75) is 19.1 Å². The molecule has 1 N–H and O–H groups in total. The Morgan fingerprint density at radius 2 is 1.69 bits per heavy atom. The molecule has 35 heavy (non-hydrogen) atoms. The van der Waals surface area contributed by atoms with Crippen LogP contribution in [0.15, 0.2) is 66.7 Å². The standard InChI is InChI=1S/C25H20Cl2F3N3O2/c26-21-10-5-16(13-22(21)27)15-32-11-2-12-33(24(32)35)20-8-6-19(7-9-20)31-23(34)17-3-1-4-18(14-17)25(28,29)30/h1,3-10,13-14H,2,11-12,15H2,(H,31,34). The van der Waals surface area contributed by atoms with E-state index in [0.29, 0.717) is 41.1 Å². The highest BCUT2D eigenvalue weighted by atomic mass is 35.5.